The van der Waals surface area contributed by atoms with Gasteiger partial charge >= 0.3 is 5.97 Å². The molecule has 0 unspecified atom stereocenters. The van der Waals surface area contributed by atoms with Crippen molar-refractivity contribution >= 4 is 39.6 Å². The summed E-state index contributed by atoms with van der Waals surface area (Å²) in [5.74, 6) is -0.294. The third kappa shape index (κ3) is 4.61. The van der Waals surface area contributed by atoms with Crippen LogP contribution < -0.4 is 5.32 Å². The summed E-state index contributed by atoms with van der Waals surface area (Å²) in [6.45, 7) is 0. The molecule has 6 heteroatoms. The first-order chi connectivity index (χ1) is 11.6. The van der Waals surface area contributed by atoms with Crippen LogP contribution in [0.2, 0.25) is 0 Å². The highest BCUT2D eigenvalue weighted by atomic mass is 79.9. The fourth-order valence-electron chi connectivity index (χ4n) is 2.28. The van der Waals surface area contributed by atoms with Crippen molar-refractivity contribution in [3.05, 3.63) is 58.6 Å². The summed E-state index contributed by atoms with van der Waals surface area (Å²) < 4.78 is 5.64. The Balaban J connectivity index is 2.34. The lowest BCUT2D eigenvalue weighted by Gasteiger charge is -2.17. The van der Waals surface area contributed by atoms with Gasteiger partial charge in [-0.1, -0.05) is 46.3 Å². The van der Waals surface area contributed by atoms with Crippen molar-refractivity contribution < 1.29 is 14.3 Å². The van der Waals surface area contributed by atoms with Crippen molar-refractivity contribution in [2.75, 3.05) is 19.1 Å². The largest absolute Gasteiger partial charge is 0.467 e. The number of methoxy groups -OCH3 is 1. The summed E-state index contributed by atoms with van der Waals surface area (Å²) in [6, 6.07) is 14.4. The number of hydrogen-bond donors (Lipinski definition) is 1. The second-order valence-corrected chi connectivity index (χ2v) is 6.89. The molecule has 2 aromatic rings. The second kappa shape index (κ2) is 8.89. The molecule has 1 atom stereocenters. The van der Waals surface area contributed by atoms with Gasteiger partial charge in [0.1, 0.15) is 6.04 Å². The van der Waals surface area contributed by atoms with Gasteiger partial charge in [0.05, 0.1) is 7.11 Å². The predicted molar refractivity (Wildman–Crippen MR) is 101 cm³/mol. The Kier molecular flexibility index (Phi) is 6.87. The molecule has 0 aromatic heterocycles. The molecule has 0 fully saturated rings. The maximum atomic E-state index is 12.7. The first-order valence-electron chi connectivity index (χ1n) is 7.29. The van der Waals surface area contributed by atoms with Crippen molar-refractivity contribution in [1.82, 2.24) is 5.32 Å². The Morgan fingerprint density at radius 1 is 1.21 bits per heavy atom. The molecular formula is C18H18BrNO3S. The van der Waals surface area contributed by atoms with Crippen LogP contribution in [-0.2, 0) is 9.53 Å². The number of hydrogen-bond acceptors (Lipinski definition) is 4. The third-order valence-electron chi connectivity index (χ3n) is 3.44. The number of amides is 1. The summed E-state index contributed by atoms with van der Waals surface area (Å²) in [7, 11) is 1.32. The number of rotatable bonds is 6. The van der Waals surface area contributed by atoms with Crippen molar-refractivity contribution in [2.45, 2.75) is 6.04 Å². The molecule has 0 spiro atoms. The van der Waals surface area contributed by atoms with Crippen molar-refractivity contribution in [3.8, 4) is 11.1 Å². The lowest BCUT2D eigenvalue weighted by Crippen LogP contribution is -2.43. The number of nitrogens with one attached hydrogen (secondary N) is 1. The monoisotopic (exact) mass is 407 g/mol. The maximum absolute atomic E-state index is 12.7. The van der Waals surface area contributed by atoms with Gasteiger partial charge in [-0.25, -0.2) is 4.79 Å². The molecule has 4 nitrogen and oxygen atoms in total. The zero-order valence-electron chi connectivity index (χ0n) is 13.4. The van der Waals surface area contributed by atoms with Gasteiger partial charge in [-0.05, 0) is 35.6 Å². The van der Waals surface area contributed by atoms with Crippen LogP contribution in [0.25, 0.3) is 11.1 Å². The molecule has 0 bridgehead atoms. The highest BCUT2D eigenvalue weighted by Gasteiger charge is 2.23. The molecule has 24 heavy (non-hydrogen) atoms. The smallest absolute Gasteiger partial charge is 0.329 e. The molecule has 0 aliphatic rings. The minimum Gasteiger partial charge on any atom is -0.467 e. The Hall–Kier alpha value is -1.79. The quantitative estimate of drug-likeness (QED) is 0.740. The zero-order valence-corrected chi connectivity index (χ0v) is 15.8. The van der Waals surface area contributed by atoms with Crippen molar-refractivity contribution in [1.29, 1.82) is 0 Å². The van der Waals surface area contributed by atoms with Gasteiger partial charge in [0, 0.05) is 15.8 Å². The van der Waals surface area contributed by atoms with E-state index in [1.54, 1.807) is 6.07 Å². The number of benzene rings is 2. The summed E-state index contributed by atoms with van der Waals surface area (Å²) >= 11 is 4.91. The molecule has 2 aromatic carbocycles. The highest BCUT2D eigenvalue weighted by molar-refractivity contribution is 9.10. The molecule has 0 saturated heterocycles. The van der Waals surface area contributed by atoms with Crippen molar-refractivity contribution in [2.24, 2.45) is 0 Å². The number of carbonyl (C=O) groups excluding carboxylic acids is 2. The average Bonchev–Trinajstić information content (AvgIpc) is 2.61. The number of carbonyl (C=O) groups is 2. The lowest BCUT2D eigenvalue weighted by molar-refractivity contribution is -0.142. The number of halogens is 1. The molecule has 0 heterocycles. The van der Waals surface area contributed by atoms with E-state index in [0.29, 0.717) is 11.3 Å². The molecule has 1 amide bonds. The van der Waals surface area contributed by atoms with Crippen LogP contribution in [0.15, 0.2) is 53.0 Å². The van der Waals surface area contributed by atoms with E-state index in [1.165, 1.54) is 18.9 Å². The highest BCUT2D eigenvalue weighted by Crippen LogP contribution is 2.27. The van der Waals surface area contributed by atoms with Gasteiger partial charge in [-0.3, -0.25) is 4.79 Å². The molecule has 0 aliphatic heterocycles. The van der Waals surface area contributed by atoms with Crippen LogP contribution in [0.1, 0.15) is 10.4 Å². The van der Waals surface area contributed by atoms with E-state index in [1.807, 2.05) is 48.7 Å². The summed E-state index contributed by atoms with van der Waals surface area (Å²) in [5.41, 5.74) is 2.25. The van der Waals surface area contributed by atoms with Crippen LogP contribution in [0, 0.1) is 0 Å². The molecule has 0 saturated carbocycles. The van der Waals surface area contributed by atoms with Gasteiger partial charge in [0.2, 0.25) is 0 Å². The molecule has 2 rings (SSSR count). The maximum Gasteiger partial charge on any atom is 0.329 e. The number of ether oxygens (including phenoxy) is 1. The second-order valence-electron chi connectivity index (χ2n) is 5.06. The summed E-state index contributed by atoms with van der Waals surface area (Å²) in [4.78, 5) is 24.5. The predicted octanol–water partition coefficient (Wildman–Crippen LogP) is 3.75. The Morgan fingerprint density at radius 3 is 2.54 bits per heavy atom. The number of esters is 1. The van der Waals surface area contributed by atoms with Gasteiger partial charge in [0.15, 0.2) is 0 Å². The molecule has 0 radical (unpaired) electrons. The molecular weight excluding hydrogens is 390 g/mol. The topological polar surface area (TPSA) is 55.4 Å². The van der Waals surface area contributed by atoms with E-state index in [9.17, 15) is 9.59 Å². The van der Waals surface area contributed by atoms with E-state index < -0.39 is 12.0 Å². The minimum absolute atomic E-state index is 0.300. The van der Waals surface area contributed by atoms with E-state index in [2.05, 4.69) is 21.2 Å². The van der Waals surface area contributed by atoms with Gasteiger partial charge < -0.3 is 10.1 Å². The van der Waals surface area contributed by atoms with Crippen molar-refractivity contribution in [3.63, 3.8) is 0 Å². The third-order valence-corrected chi connectivity index (χ3v) is 4.60. The Morgan fingerprint density at radius 2 is 1.92 bits per heavy atom. The standard InChI is InChI=1S/C18H18BrNO3S/c1-23-18(22)16(11-24-2)20-17(21)14-9-8-13(19)10-15(14)12-6-4-3-5-7-12/h3-10,16H,11H2,1-2H3,(H,20,21)/t16-/m0/s1. The SMILES string of the molecule is COC(=O)[C@H](CSC)NC(=O)c1ccc(Br)cc1-c1ccccc1. The average molecular weight is 408 g/mol. The Bertz CT molecular complexity index is 721. The van der Waals surface area contributed by atoms with E-state index in [4.69, 9.17) is 4.74 Å². The first kappa shape index (κ1) is 18.5. The van der Waals surface area contributed by atoms with E-state index in [0.717, 1.165) is 15.6 Å². The first-order valence-corrected chi connectivity index (χ1v) is 9.48. The van der Waals surface area contributed by atoms with Gasteiger partial charge in [-0.2, -0.15) is 11.8 Å². The fraction of sp³-hybridized carbons (Fsp3) is 0.222. The Labute approximate surface area is 154 Å². The van der Waals surface area contributed by atoms with Crippen LogP contribution in [0.5, 0.6) is 0 Å². The molecule has 1 N–H and O–H groups in total. The van der Waals surface area contributed by atoms with Gasteiger partial charge in [0.25, 0.3) is 5.91 Å². The lowest BCUT2D eigenvalue weighted by atomic mass is 9.99. The normalized spacial score (nSPS) is 11.6. The van der Waals surface area contributed by atoms with Crippen LogP contribution in [0.4, 0.5) is 0 Å². The van der Waals surface area contributed by atoms with Crippen LogP contribution >= 0.6 is 27.7 Å². The minimum atomic E-state index is -0.676. The van der Waals surface area contributed by atoms with E-state index in [-0.39, 0.29) is 5.91 Å². The zero-order chi connectivity index (χ0) is 17.5. The fourth-order valence-corrected chi connectivity index (χ4v) is 3.20. The van der Waals surface area contributed by atoms with E-state index >= 15 is 0 Å². The summed E-state index contributed by atoms with van der Waals surface area (Å²) in [6.07, 6.45) is 1.87. The molecule has 126 valence electrons. The van der Waals surface area contributed by atoms with Gasteiger partial charge in [-0.15, -0.1) is 0 Å². The molecule has 0 aliphatic carbocycles. The number of thioether (sulfide) groups is 1. The summed E-state index contributed by atoms with van der Waals surface area (Å²) in [5, 5.41) is 2.76. The van der Waals surface area contributed by atoms with Crippen LogP contribution in [0.3, 0.4) is 0 Å². The van der Waals surface area contributed by atoms with Crippen LogP contribution in [-0.4, -0.2) is 37.0 Å².